The van der Waals surface area contributed by atoms with Gasteiger partial charge in [-0.1, -0.05) is 26.7 Å². The van der Waals surface area contributed by atoms with Crippen LogP contribution in [0.25, 0.3) is 16.8 Å². The van der Waals surface area contributed by atoms with E-state index in [0.717, 1.165) is 35.6 Å². The Balaban J connectivity index is 1.87. The highest BCUT2D eigenvalue weighted by molar-refractivity contribution is 5.83. The summed E-state index contributed by atoms with van der Waals surface area (Å²) in [5.74, 6) is 2.05. The average Bonchev–Trinajstić information content (AvgIpc) is 3.35. The van der Waals surface area contributed by atoms with Gasteiger partial charge in [-0.3, -0.25) is 0 Å². The number of anilines is 1. The number of benzene rings is 1. The Morgan fingerprint density at radius 2 is 1.80 bits per heavy atom. The summed E-state index contributed by atoms with van der Waals surface area (Å²) >= 11 is 0. The molecule has 0 radical (unpaired) electrons. The third kappa shape index (κ3) is 3.66. The Morgan fingerprint density at radius 1 is 1.10 bits per heavy atom. The molecule has 1 aliphatic rings. The van der Waals surface area contributed by atoms with Gasteiger partial charge in [-0.15, -0.1) is 0 Å². The lowest BCUT2D eigenvalue weighted by atomic mass is 9.97. The zero-order valence-corrected chi connectivity index (χ0v) is 19.0. The standard InChI is InChI=1S/C25H34N4O/c1-6-9-18(10-7-2)27-24-20-11-8-12-22(20)28-25-21(15-26-29(24)25)23-16(3)13-19(30-5)14-17(23)4/h13-15,18,27H,6-12H2,1-5H3. The largest absolute Gasteiger partial charge is 0.497 e. The fourth-order valence-electron chi connectivity index (χ4n) is 4.95. The van der Waals surface area contributed by atoms with E-state index >= 15 is 0 Å². The Bertz CT molecular complexity index is 1020. The molecular weight excluding hydrogens is 372 g/mol. The van der Waals surface area contributed by atoms with Gasteiger partial charge in [-0.05, 0) is 74.8 Å². The third-order valence-electron chi connectivity index (χ3n) is 6.30. The molecule has 0 unspecified atom stereocenters. The van der Waals surface area contributed by atoms with Crippen molar-refractivity contribution < 1.29 is 4.74 Å². The van der Waals surface area contributed by atoms with Gasteiger partial charge in [-0.2, -0.15) is 9.61 Å². The number of rotatable bonds is 8. The lowest BCUT2D eigenvalue weighted by Crippen LogP contribution is -2.22. The topological polar surface area (TPSA) is 51.5 Å². The van der Waals surface area contributed by atoms with E-state index in [1.807, 2.05) is 6.20 Å². The van der Waals surface area contributed by atoms with Crippen molar-refractivity contribution in [3.63, 3.8) is 0 Å². The minimum atomic E-state index is 0.479. The van der Waals surface area contributed by atoms with Crippen LogP contribution in [0.1, 0.15) is 68.3 Å². The molecule has 0 saturated carbocycles. The van der Waals surface area contributed by atoms with Gasteiger partial charge in [0.1, 0.15) is 11.6 Å². The minimum Gasteiger partial charge on any atom is -0.497 e. The van der Waals surface area contributed by atoms with Crippen LogP contribution in [0.4, 0.5) is 5.82 Å². The van der Waals surface area contributed by atoms with Crippen LogP contribution in [0.3, 0.4) is 0 Å². The van der Waals surface area contributed by atoms with Crippen LogP contribution >= 0.6 is 0 Å². The zero-order chi connectivity index (χ0) is 21.3. The number of nitrogens with one attached hydrogen (secondary N) is 1. The first-order valence-corrected chi connectivity index (χ1v) is 11.4. The van der Waals surface area contributed by atoms with E-state index in [2.05, 4.69) is 49.7 Å². The van der Waals surface area contributed by atoms with Crippen molar-refractivity contribution in [2.75, 3.05) is 12.4 Å². The van der Waals surface area contributed by atoms with Crippen molar-refractivity contribution in [1.82, 2.24) is 14.6 Å². The van der Waals surface area contributed by atoms with Gasteiger partial charge in [0.15, 0.2) is 5.65 Å². The number of ether oxygens (including phenoxy) is 1. The molecule has 1 aliphatic carbocycles. The second kappa shape index (κ2) is 8.66. The number of hydrogen-bond donors (Lipinski definition) is 1. The van der Waals surface area contributed by atoms with Crippen molar-refractivity contribution in [2.24, 2.45) is 0 Å². The van der Waals surface area contributed by atoms with Crippen LogP contribution in [0.15, 0.2) is 18.3 Å². The van der Waals surface area contributed by atoms with Gasteiger partial charge in [0.25, 0.3) is 0 Å². The maximum atomic E-state index is 5.46. The van der Waals surface area contributed by atoms with Crippen molar-refractivity contribution in [2.45, 2.75) is 78.7 Å². The van der Waals surface area contributed by atoms with Crippen LogP contribution in [0.5, 0.6) is 5.75 Å². The van der Waals surface area contributed by atoms with Crippen molar-refractivity contribution in [1.29, 1.82) is 0 Å². The summed E-state index contributed by atoms with van der Waals surface area (Å²) in [6, 6.07) is 4.67. The molecule has 2 heterocycles. The van der Waals surface area contributed by atoms with E-state index in [4.69, 9.17) is 14.8 Å². The molecule has 1 aromatic carbocycles. The molecule has 2 aromatic heterocycles. The van der Waals surface area contributed by atoms with Gasteiger partial charge >= 0.3 is 0 Å². The molecule has 160 valence electrons. The second-order valence-electron chi connectivity index (χ2n) is 8.59. The summed E-state index contributed by atoms with van der Waals surface area (Å²) in [6.45, 7) is 8.80. The summed E-state index contributed by atoms with van der Waals surface area (Å²) in [5, 5.41) is 8.71. The molecule has 0 bridgehead atoms. The maximum absolute atomic E-state index is 5.46. The third-order valence-corrected chi connectivity index (χ3v) is 6.30. The number of aryl methyl sites for hydroxylation is 3. The van der Waals surface area contributed by atoms with Gasteiger partial charge in [0.2, 0.25) is 0 Å². The second-order valence-corrected chi connectivity index (χ2v) is 8.59. The maximum Gasteiger partial charge on any atom is 0.165 e. The highest BCUT2D eigenvalue weighted by Gasteiger charge is 2.25. The molecule has 0 amide bonds. The quantitative estimate of drug-likeness (QED) is 0.507. The Hall–Kier alpha value is -2.56. The highest BCUT2D eigenvalue weighted by atomic mass is 16.5. The number of aromatic nitrogens is 3. The van der Waals surface area contributed by atoms with Crippen LogP contribution in [0.2, 0.25) is 0 Å². The first-order chi connectivity index (χ1) is 14.6. The molecule has 5 nitrogen and oxygen atoms in total. The summed E-state index contributed by atoms with van der Waals surface area (Å²) in [5.41, 5.74) is 8.25. The van der Waals surface area contributed by atoms with E-state index < -0.39 is 0 Å². The van der Waals surface area contributed by atoms with Crippen molar-refractivity contribution in [3.05, 3.63) is 40.7 Å². The lowest BCUT2D eigenvalue weighted by Gasteiger charge is -2.21. The fraction of sp³-hybridized carbons (Fsp3) is 0.520. The summed E-state index contributed by atoms with van der Waals surface area (Å²) < 4.78 is 7.51. The average molecular weight is 407 g/mol. The van der Waals surface area contributed by atoms with Gasteiger partial charge in [-0.25, -0.2) is 4.98 Å². The molecule has 0 aliphatic heterocycles. The van der Waals surface area contributed by atoms with Crippen molar-refractivity contribution in [3.8, 4) is 16.9 Å². The molecular formula is C25H34N4O. The number of fused-ring (bicyclic) bond motifs is 2. The fourth-order valence-corrected chi connectivity index (χ4v) is 4.95. The molecule has 0 fully saturated rings. The zero-order valence-electron chi connectivity index (χ0n) is 19.0. The van der Waals surface area contributed by atoms with E-state index in [-0.39, 0.29) is 0 Å². The summed E-state index contributed by atoms with van der Waals surface area (Å²) in [6.07, 6.45) is 10.0. The van der Waals surface area contributed by atoms with Crippen molar-refractivity contribution >= 4 is 11.5 Å². The monoisotopic (exact) mass is 406 g/mol. The first-order valence-electron chi connectivity index (χ1n) is 11.4. The van der Waals surface area contributed by atoms with Gasteiger partial charge in [0.05, 0.1) is 13.3 Å². The predicted molar refractivity (Wildman–Crippen MR) is 124 cm³/mol. The van der Waals surface area contributed by atoms with E-state index in [1.165, 1.54) is 60.1 Å². The Labute approximate surface area is 179 Å². The minimum absolute atomic E-state index is 0.479. The first kappa shape index (κ1) is 20.7. The smallest absolute Gasteiger partial charge is 0.165 e. The number of methoxy groups -OCH3 is 1. The summed E-state index contributed by atoms with van der Waals surface area (Å²) in [7, 11) is 1.72. The van der Waals surface area contributed by atoms with Gasteiger partial charge in [0, 0.05) is 22.9 Å². The molecule has 30 heavy (non-hydrogen) atoms. The molecule has 1 N–H and O–H groups in total. The molecule has 0 atom stereocenters. The summed E-state index contributed by atoms with van der Waals surface area (Å²) in [4.78, 5) is 5.11. The van der Waals surface area contributed by atoms with E-state index in [0.29, 0.717) is 6.04 Å². The lowest BCUT2D eigenvalue weighted by molar-refractivity contribution is 0.414. The van der Waals surface area contributed by atoms with Crippen LogP contribution in [-0.4, -0.2) is 27.7 Å². The molecule has 0 saturated heterocycles. The van der Waals surface area contributed by atoms with Gasteiger partial charge < -0.3 is 10.1 Å². The number of hydrogen-bond acceptors (Lipinski definition) is 4. The van der Waals surface area contributed by atoms with Crippen LogP contribution < -0.4 is 10.1 Å². The van der Waals surface area contributed by atoms with E-state index in [9.17, 15) is 0 Å². The highest BCUT2D eigenvalue weighted by Crippen LogP contribution is 2.36. The Morgan fingerprint density at radius 3 is 2.43 bits per heavy atom. The normalized spacial score (nSPS) is 13.3. The predicted octanol–water partition coefficient (Wildman–Crippen LogP) is 5.89. The molecule has 4 rings (SSSR count). The molecule has 3 aromatic rings. The van der Waals surface area contributed by atoms with E-state index in [1.54, 1.807) is 7.11 Å². The molecule has 5 heteroatoms. The SMILES string of the molecule is CCCC(CCC)Nc1c2c(nc3c(-c4c(C)cc(OC)cc4C)cnn13)CCC2. The van der Waals surface area contributed by atoms with Crippen LogP contribution in [0, 0.1) is 13.8 Å². The Kier molecular flexibility index (Phi) is 5.98. The van der Waals surface area contributed by atoms with Crippen LogP contribution in [-0.2, 0) is 12.8 Å². The number of nitrogens with zero attached hydrogens (tertiary/aromatic N) is 3. The molecule has 0 spiro atoms.